The van der Waals surface area contributed by atoms with Crippen LogP contribution >= 0.6 is 35.2 Å². The van der Waals surface area contributed by atoms with Crippen LogP contribution in [-0.4, -0.2) is 30.6 Å². The maximum absolute atomic E-state index is 12.3. The van der Waals surface area contributed by atoms with Crippen molar-refractivity contribution >= 4 is 46.2 Å². The molecule has 0 saturated heterocycles. The Balaban J connectivity index is 1.89. The lowest BCUT2D eigenvalue weighted by atomic mass is 10.3. The van der Waals surface area contributed by atoms with Gasteiger partial charge in [0, 0.05) is 17.8 Å². The first-order chi connectivity index (χ1) is 12.0. The van der Waals surface area contributed by atoms with Gasteiger partial charge < -0.3 is 0 Å². The van der Waals surface area contributed by atoms with Gasteiger partial charge in [0.05, 0.1) is 10.6 Å². The number of pyridine rings is 1. The molecule has 128 valence electrons. The van der Waals surface area contributed by atoms with Gasteiger partial charge in [0.25, 0.3) is 5.91 Å². The fraction of sp³-hybridized carbons (Fsp3) is 0.133. The molecule has 0 radical (unpaired) electrons. The Hall–Kier alpha value is -2.36. The number of H-pyrrole nitrogens is 1. The lowest BCUT2D eigenvalue weighted by Crippen LogP contribution is -2.13. The average Bonchev–Trinajstić information content (AvgIpc) is 3.11. The molecule has 0 atom stereocenters. The van der Waals surface area contributed by atoms with E-state index in [4.69, 9.17) is 23.8 Å². The van der Waals surface area contributed by atoms with Gasteiger partial charge in [-0.05, 0) is 31.3 Å². The van der Waals surface area contributed by atoms with E-state index in [9.17, 15) is 4.79 Å². The summed E-state index contributed by atoms with van der Waals surface area (Å²) in [6.07, 6.45) is 3.21. The smallest absolute Gasteiger partial charge is 0.276 e. The molecule has 0 aromatic carbocycles. The summed E-state index contributed by atoms with van der Waals surface area (Å²) in [6.45, 7) is 6.09. The van der Waals surface area contributed by atoms with Gasteiger partial charge in [-0.2, -0.15) is 5.10 Å². The molecule has 0 spiro atoms. The highest BCUT2D eigenvalue weighted by molar-refractivity contribution is 7.71. The summed E-state index contributed by atoms with van der Waals surface area (Å²) >= 11 is 12.4. The van der Waals surface area contributed by atoms with Gasteiger partial charge in [0.2, 0.25) is 0 Å². The highest BCUT2D eigenvalue weighted by Gasteiger charge is 2.18. The van der Waals surface area contributed by atoms with E-state index in [1.807, 2.05) is 11.5 Å². The highest BCUT2D eigenvalue weighted by Crippen LogP contribution is 2.31. The van der Waals surface area contributed by atoms with E-state index >= 15 is 0 Å². The highest BCUT2D eigenvalue weighted by atomic mass is 35.5. The molecule has 3 heterocycles. The Kier molecular flexibility index (Phi) is 5.07. The minimum atomic E-state index is -0.382. The van der Waals surface area contributed by atoms with Crippen LogP contribution in [0.25, 0.3) is 10.7 Å². The standard InChI is InChI=1S/C15H13ClN6OS2/c1-3-6-22-12(20-21-15(22)24)11-8(2)18-14(25-11)19-13(23)10-7-9(16)4-5-17-10/h3-5,7H,1,6H2,2H3,(H,21,24)(H,18,19,23). The van der Waals surface area contributed by atoms with Gasteiger partial charge in [-0.15, -0.1) is 6.58 Å². The Morgan fingerprint density at radius 3 is 3.12 bits per heavy atom. The third-order valence-electron chi connectivity index (χ3n) is 3.24. The number of thiazole rings is 1. The second-order valence-corrected chi connectivity index (χ2v) is 6.82. The molecule has 0 aliphatic heterocycles. The Bertz CT molecular complexity index is 1010. The molecule has 0 unspecified atom stereocenters. The lowest BCUT2D eigenvalue weighted by molar-refractivity contribution is 0.102. The molecular formula is C15H13ClN6OS2. The van der Waals surface area contributed by atoms with Gasteiger partial charge in [-0.3, -0.25) is 24.8 Å². The van der Waals surface area contributed by atoms with Gasteiger partial charge in [0.1, 0.15) is 5.69 Å². The van der Waals surface area contributed by atoms with Gasteiger partial charge in [-0.25, -0.2) is 4.98 Å². The zero-order valence-corrected chi connectivity index (χ0v) is 15.5. The summed E-state index contributed by atoms with van der Waals surface area (Å²) < 4.78 is 2.31. The van der Waals surface area contributed by atoms with Crippen molar-refractivity contribution in [3.63, 3.8) is 0 Å². The largest absolute Gasteiger partial charge is 0.296 e. The molecule has 1 amide bonds. The number of allylic oxidation sites excluding steroid dienone is 1. The number of nitrogens with one attached hydrogen (secondary N) is 2. The third kappa shape index (κ3) is 3.68. The van der Waals surface area contributed by atoms with Crippen LogP contribution in [0.2, 0.25) is 5.02 Å². The second-order valence-electron chi connectivity index (χ2n) is 5.00. The molecule has 10 heteroatoms. The molecule has 0 bridgehead atoms. The van der Waals surface area contributed by atoms with E-state index in [0.717, 1.165) is 10.6 Å². The summed E-state index contributed by atoms with van der Waals surface area (Å²) in [5, 5.41) is 10.6. The van der Waals surface area contributed by atoms with E-state index in [1.54, 1.807) is 12.1 Å². The second kappa shape index (κ2) is 7.26. The molecule has 25 heavy (non-hydrogen) atoms. The number of aromatic nitrogens is 5. The van der Waals surface area contributed by atoms with Crippen LogP contribution < -0.4 is 5.32 Å². The Labute approximate surface area is 157 Å². The van der Waals surface area contributed by atoms with Crippen molar-refractivity contribution in [1.82, 2.24) is 24.7 Å². The van der Waals surface area contributed by atoms with Crippen molar-refractivity contribution in [2.75, 3.05) is 5.32 Å². The van der Waals surface area contributed by atoms with Crippen LogP contribution in [0.4, 0.5) is 5.13 Å². The maximum atomic E-state index is 12.3. The predicted molar refractivity (Wildman–Crippen MR) is 101 cm³/mol. The van der Waals surface area contributed by atoms with Crippen LogP contribution in [0.5, 0.6) is 0 Å². The number of rotatable bonds is 5. The summed E-state index contributed by atoms with van der Waals surface area (Å²) in [7, 11) is 0. The van der Waals surface area contributed by atoms with Gasteiger partial charge in [0.15, 0.2) is 15.7 Å². The molecule has 0 saturated carbocycles. The number of amides is 1. The Morgan fingerprint density at radius 2 is 2.40 bits per heavy atom. The van der Waals surface area contributed by atoms with Crippen molar-refractivity contribution in [3.05, 3.63) is 52.2 Å². The predicted octanol–water partition coefficient (Wildman–Crippen LogP) is 3.86. The zero-order chi connectivity index (χ0) is 18.0. The van der Waals surface area contributed by atoms with Crippen LogP contribution in [0.3, 0.4) is 0 Å². The van der Waals surface area contributed by atoms with E-state index in [-0.39, 0.29) is 11.6 Å². The normalized spacial score (nSPS) is 10.6. The van der Waals surface area contributed by atoms with Crippen molar-refractivity contribution in [2.45, 2.75) is 13.5 Å². The number of anilines is 1. The first kappa shape index (κ1) is 17.5. The first-order valence-electron chi connectivity index (χ1n) is 7.16. The fourth-order valence-electron chi connectivity index (χ4n) is 2.14. The van der Waals surface area contributed by atoms with Crippen molar-refractivity contribution < 1.29 is 4.79 Å². The topological polar surface area (TPSA) is 88.5 Å². The third-order valence-corrected chi connectivity index (χ3v) is 4.86. The molecule has 7 nitrogen and oxygen atoms in total. The summed E-state index contributed by atoms with van der Waals surface area (Å²) in [5.74, 6) is 0.272. The van der Waals surface area contributed by atoms with Crippen LogP contribution in [0.15, 0.2) is 31.0 Å². The molecule has 0 fully saturated rings. The molecule has 3 aromatic heterocycles. The summed E-state index contributed by atoms with van der Waals surface area (Å²) in [4.78, 5) is 21.5. The number of aromatic amines is 1. The molecular weight excluding hydrogens is 380 g/mol. The quantitative estimate of drug-likeness (QED) is 0.508. The number of hydrogen-bond acceptors (Lipinski definition) is 6. The molecule has 0 aliphatic rings. The fourth-order valence-corrected chi connectivity index (χ4v) is 3.46. The van der Waals surface area contributed by atoms with Crippen molar-refractivity contribution in [1.29, 1.82) is 0 Å². The van der Waals surface area contributed by atoms with Crippen LogP contribution in [0, 0.1) is 11.7 Å². The van der Waals surface area contributed by atoms with Gasteiger partial charge in [-0.1, -0.05) is 29.0 Å². The SMILES string of the molecule is C=CCn1c(-c2sc(NC(=O)c3cc(Cl)ccn3)nc2C)n[nH]c1=S. The molecule has 3 aromatic rings. The van der Waals surface area contributed by atoms with Crippen LogP contribution in [-0.2, 0) is 6.54 Å². The zero-order valence-electron chi connectivity index (χ0n) is 13.1. The summed E-state index contributed by atoms with van der Waals surface area (Å²) in [5.41, 5.74) is 0.954. The minimum Gasteiger partial charge on any atom is -0.296 e. The van der Waals surface area contributed by atoms with E-state index in [1.165, 1.54) is 23.6 Å². The number of aryl methyl sites for hydroxylation is 1. The number of nitrogens with zero attached hydrogens (tertiary/aromatic N) is 4. The van der Waals surface area contributed by atoms with E-state index in [2.05, 4.69) is 32.1 Å². The average molecular weight is 393 g/mol. The van der Waals surface area contributed by atoms with Crippen molar-refractivity contribution in [2.24, 2.45) is 0 Å². The number of halogens is 1. The minimum absolute atomic E-state index is 0.219. The van der Waals surface area contributed by atoms with Crippen LogP contribution in [0.1, 0.15) is 16.2 Å². The van der Waals surface area contributed by atoms with E-state index in [0.29, 0.717) is 27.3 Å². The maximum Gasteiger partial charge on any atom is 0.276 e. The number of hydrogen-bond donors (Lipinski definition) is 2. The first-order valence-corrected chi connectivity index (χ1v) is 8.76. The molecule has 2 N–H and O–H groups in total. The van der Waals surface area contributed by atoms with Gasteiger partial charge >= 0.3 is 0 Å². The summed E-state index contributed by atoms with van der Waals surface area (Å²) in [6, 6.07) is 3.10. The lowest BCUT2D eigenvalue weighted by Gasteiger charge is -2.01. The Morgan fingerprint density at radius 1 is 1.60 bits per heavy atom. The molecule has 0 aliphatic carbocycles. The van der Waals surface area contributed by atoms with E-state index < -0.39 is 0 Å². The van der Waals surface area contributed by atoms with Crippen molar-refractivity contribution in [3.8, 4) is 10.7 Å². The number of carbonyl (C=O) groups excluding carboxylic acids is 1. The molecule has 3 rings (SSSR count). The monoisotopic (exact) mass is 392 g/mol. The number of carbonyl (C=O) groups is 1.